The molecule has 2 aromatic rings. The molecule has 2 heterocycles. The SMILES string of the molecule is Cn1cc(-c2ncccn2)c(C(=O)O)n1. The zero-order chi connectivity index (χ0) is 10.8. The van der Waals surface area contributed by atoms with Gasteiger partial charge in [-0.25, -0.2) is 14.8 Å². The Morgan fingerprint density at radius 2 is 2.07 bits per heavy atom. The Kier molecular flexibility index (Phi) is 2.17. The van der Waals surface area contributed by atoms with Crippen molar-refractivity contribution >= 4 is 5.97 Å². The van der Waals surface area contributed by atoms with Crippen LogP contribution in [-0.4, -0.2) is 30.8 Å². The van der Waals surface area contributed by atoms with E-state index in [2.05, 4.69) is 15.1 Å². The lowest BCUT2D eigenvalue weighted by atomic mass is 10.2. The fraction of sp³-hybridized carbons (Fsp3) is 0.111. The van der Waals surface area contributed by atoms with E-state index in [4.69, 9.17) is 5.11 Å². The minimum absolute atomic E-state index is 0.0382. The highest BCUT2D eigenvalue weighted by atomic mass is 16.4. The first-order chi connectivity index (χ1) is 7.18. The first-order valence-electron chi connectivity index (χ1n) is 4.23. The highest BCUT2D eigenvalue weighted by Crippen LogP contribution is 2.17. The largest absolute Gasteiger partial charge is 0.476 e. The van der Waals surface area contributed by atoms with E-state index in [0.717, 1.165) is 0 Å². The van der Waals surface area contributed by atoms with Crippen molar-refractivity contribution in [1.29, 1.82) is 0 Å². The summed E-state index contributed by atoms with van der Waals surface area (Å²) in [5.41, 5.74) is 0.384. The van der Waals surface area contributed by atoms with Gasteiger partial charge in [-0.2, -0.15) is 5.10 Å². The third-order valence-corrected chi connectivity index (χ3v) is 1.84. The predicted octanol–water partition coefficient (Wildman–Crippen LogP) is 0.575. The number of hydrogen-bond donors (Lipinski definition) is 1. The molecule has 15 heavy (non-hydrogen) atoms. The molecule has 2 aromatic heterocycles. The molecule has 1 N–H and O–H groups in total. The van der Waals surface area contributed by atoms with E-state index in [0.29, 0.717) is 11.4 Å². The minimum Gasteiger partial charge on any atom is -0.476 e. The first-order valence-corrected chi connectivity index (χ1v) is 4.23. The lowest BCUT2D eigenvalue weighted by molar-refractivity contribution is 0.0690. The number of carboxylic acid groups (broad SMARTS) is 1. The Bertz CT molecular complexity index is 492. The standard InChI is InChI=1S/C9H8N4O2/c1-13-5-6(7(12-13)9(14)15)8-10-3-2-4-11-8/h2-5H,1H3,(H,14,15). The molecular weight excluding hydrogens is 196 g/mol. The van der Waals surface area contributed by atoms with Crippen LogP contribution in [0.1, 0.15) is 10.5 Å². The predicted molar refractivity (Wildman–Crippen MR) is 51.2 cm³/mol. The highest BCUT2D eigenvalue weighted by molar-refractivity contribution is 5.92. The van der Waals surface area contributed by atoms with Gasteiger partial charge in [-0.15, -0.1) is 0 Å². The molecule has 0 radical (unpaired) electrons. The number of hydrogen-bond acceptors (Lipinski definition) is 4. The summed E-state index contributed by atoms with van der Waals surface area (Å²) in [4.78, 5) is 18.8. The maximum atomic E-state index is 10.9. The Balaban J connectivity index is 2.58. The van der Waals surface area contributed by atoms with Gasteiger partial charge in [0, 0.05) is 25.6 Å². The monoisotopic (exact) mass is 204 g/mol. The van der Waals surface area contributed by atoms with Gasteiger partial charge in [-0.3, -0.25) is 4.68 Å². The average molecular weight is 204 g/mol. The van der Waals surface area contributed by atoms with Crippen LogP contribution in [0.2, 0.25) is 0 Å². The van der Waals surface area contributed by atoms with Crippen LogP contribution >= 0.6 is 0 Å². The molecule has 0 fully saturated rings. The molecule has 6 nitrogen and oxygen atoms in total. The van der Waals surface area contributed by atoms with Gasteiger partial charge >= 0.3 is 5.97 Å². The molecule has 0 aromatic carbocycles. The summed E-state index contributed by atoms with van der Waals surface area (Å²) < 4.78 is 1.43. The van der Waals surface area contributed by atoms with Gasteiger partial charge in [0.15, 0.2) is 11.5 Å². The Morgan fingerprint density at radius 1 is 1.40 bits per heavy atom. The van der Waals surface area contributed by atoms with Crippen LogP contribution in [-0.2, 0) is 7.05 Å². The van der Waals surface area contributed by atoms with Gasteiger partial charge in [0.1, 0.15) is 0 Å². The summed E-state index contributed by atoms with van der Waals surface area (Å²) in [6.45, 7) is 0. The second-order valence-corrected chi connectivity index (χ2v) is 2.94. The molecule has 0 spiro atoms. The molecule has 0 bridgehead atoms. The van der Waals surface area contributed by atoms with E-state index in [1.165, 1.54) is 4.68 Å². The van der Waals surface area contributed by atoms with Crippen LogP contribution in [0.15, 0.2) is 24.7 Å². The Hall–Kier alpha value is -2.24. The molecule has 0 saturated carbocycles. The minimum atomic E-state index is -1.09. The summed E-state index contributed by atoms with van der Waals surface area (Å²) >= 11 is 0. The average Bonchev–Trinajstić information content (AvgIpc) is 2.62. The number of aryl methyl sites for hydroxylation is 1. The van der Waals surface area contributed by atoms with Gasteiger partial charge < -0.3 is 5.11 Å². The van der Waals surface area contributed by atoms with Crippen molar-refractivity contribution in [2.75, 3.05) is 0 Å². The zero-order valence-electron chi connectivity index (χ0n) is 7.95. The number of aromatic nitrogens is 4. The third kappa shape index (κ3) is 1.69. The number of nitrogens with zero attached hydrogens (tertiary/aromatic N) is 4. The molecule has 0 aliphatic carbocycles. The van der Waals surface area contributed by atoms with Crippen LogP contribution in [0.25, 0.3) is 11.4 Å². The van der Waals surface area contributed by atoms with Crippen LogP contribution in [0.5, 0.6) is 0 Å². The molecular formula is C9H8N4O2. The van der Waals surface area contributed by atoms with Crippen LogP contribution in [0.3, 0.4) is 0 Å². The number of carbonyl (C=O) groups is 1. The van der Waals surface area contributed by atoms with Crippen molar-refractivity contribution in [3.05, 3.63) is 30.4 Å². The maximum Gasteiger partial charge on any atom is 0.357 e. The summed E-state index contributed by atoms with van der Waals surface area (Å²) in [5, 5.41) is 12.7. The van der Waals surface area contributed by atoms with Crippen LogP contribution in [0, 0.1) is 0 Å². The molecule has 0 aliphatic heterocycles. The molecule has 0 aliphatic rings. The first kappa shape index (κ1) is 9.32. The van der Waals surface area contributed by atoms with Crippen molar-refractivity contribution in [2.24, 2.45) is 7.05 Å². The molecule has 76 valence electrons. The van der Waals surface area contributed by atoms with Crippen molar-refractivity contribution in [3.63, 3.8) is 0 Å². The van der Waals surface area contributed by atoms with Crippen molar-refractivity contribution < 1.29 is 9.90 Å². The summed E-state index contributed by atoms with van der Waals surface area (Å²) in [6.07, 6.45) is 4.70. The topological polar surface area (TPSA) is 80.9 Å². The molecule has 0 unspecified atom stereocenters. The van der Waals surface area contributed by atoms with E-state index in [-0.39, 0.29) is 5.69 Å². The molecule has 0 atom stereocenters. The molecule has 0 saturated heterocycles. The normalized spacial score (nSPS) is 10.2. The number of aromatic carboxylic acids is 1. The number of rotatable bonds is 2. The van der Waals surface area contributed by atoms with E-state index in [1.54, 1.807) is 31.7 Å². The lowest BCUT2D eigenvalue weighted by Gasteiger charge is -1.94. The van der Waals surface area contributed by atoms with Crippen molar-refractivity contribution in [3.8, 4) is 11.4 Å². The number of carboxylic acids is 1. The smallest absolute Gasteiger partial charge is 0.357 e. The van der Waals surface area contributed by atoms with Gasteiger partial charge in [0.2, 0.25) is 0 Å². The fourth-order valence-electron chi connectivity index (χ4n) is 1.25. The van der Waals surface area contributed by atoms with Gasteiger partial charge in [0.25, 0.3) is 0 Å². The zero-order valence-corrected chi connectivity index (χ0v) is 7.95. The molecule has 6 heteroatoms. The Labute approximate surface area is 85.2 Å². The summed E-state index contributed by atoms with van der Waals surface area (Å²) in [6, 6.07) is 1.67. The van der Waals surface area contributed by atoms with Gasteiger partial charge in [-0.05, 0) is 6.07 Å². The molecule has 0 amide bonds. The van der Waals surface area contributed by atoms with Gasteiger partial charge in [0.05, 0.1) is 5.56 Å². The second kappa shape index (κ2) is 3.49. The Morgan fingerprint density at radius 3 is 2.67 bits per heavy atom. The third-order valence-electron chi connectivity index (χ3n) is 1.84. The van der Waals surface area contributed by atoms with Crippen LogP contribution < -0.4 is 0 Å². The van der Waals surface area contributed by atoms with E-state index >= 15 is 0 Å². The maximum absolute atomic E-state index is 10.9. The fourth-order valence-corrected chi connectivity index (χ4v) is 1.25. The molecule has 2 rings (SSSR count). The van der Waals surface area contributed by atoms with Crippen LogP contribution in [0.4, 0.5) is 0 Å². The van der Waals surface area contributed by atoms with E-state index in [9.17, 15) is 4.79 Å². The second-order valence-electron chi connectivity index (χ2n) is 2.94. The van der Waals surface area contributed by atoms with Crippen molar-refractivity contribution in [2.45, 2.75) is 0 Å². The van der Waals surface area contributed by atoms with Crippen molar-refractivity contribution in [1.82, 2.24) is 19.7 Å². The van der Waals surface area contributed by atoms with Gasteiger partial charge in [-0.1, -0.05) is 0 Å². The highest BCUT2D eigenvalue weighted by Gasteiger charge is 2.17. The quantitative estimate of drug-likeness (QED) is 0.773. The van der Waals surface area contributed by atoms with E-state index < -0.39 is 5.97 Å². The van der Waals surface area contributed by atoms with E-state index in [1.807, 2.05) is 0 Å². The summed E-state index contributed by atoms with van der Waals surface area (Å²) in [7, 11) is 1.65. The lowest BCUT2D eigenvalue weighted by Crippen LogP contribution is -2.01. The summed E-state index contributed by atoms with van der Waals surface area (Å²) in [5.74, 6) is -0.721.